The summed E-state index contributed by atoms with van der Waals surface area (Å²) in [4.78, 5) is 37.4. The number of carbonyl (C=O) groups excluding carboxylic acids is 2. The van der Waals surface area contributed by atoms with Crippen LogP contribution in [0.5, 0.6) is 23.0 Å². The van der Waals surface area contributed by atoms with Crippen LogP contribution in [-0.2, 0) is 11.0 Å². The van der Waals surface area contributed by atoms with Crippen molar-refractivity contribution in [3.8, 4) is 23.0 Å². The Bertz CT molecular complexity index is 1790. The van der Waals surface area contributed by atoms with Crippen molar-refractivity contribution in [3.05, 3.63) is 105 Å². The first-order valence-corrected chi connectivity index (χ1v) is 14.0. The van der Waals surface area contributed by atoms with Crippen molar-refractivity contribution >= 4 is 45.4 Å². The number of hydrogen-bond acceptors (Lipinski definition) is 8. The summed E-state index contributed by atoms with van der Waals surface area (Å²) in [5.74, 6) is -0.148. The van der Waals surface area contributed by atoms with Gasteiger partial charge in [-0.2, -0.15) is 13.2 Å². The van der Waals surface area contributed by atoms with Crippen LogP contribution in [0, 0.1) is 10.1 Å². The van der Waals surface area contributed by atoms with E-state index in [0.717, 1.165) is 33.5 Å². The number of rotatable bonds is 10. The second-order valence-corrected chi connectivity index (χ2v) is 10.3. The largest absolute Gasteiger partial charge is 0.491 e. The highest BCUT2D eigenvalue weighted by Gasteiger charge is 2.35. The Kier molecular flexibility index (Phi) is 8.76. The fourth-order valence-electron chi connectivity index (χ4n) is 4.42. The quantitative estimate of drug-likeness (QED) is 0.0990. The number of amides is 2. The fraction of sp³-hybridized carbons (Fsp3) is 0.161. The van der Waals surface area contributed by atoms with Gasteiger partial charge in [-0.3, -0.25) is 24.6 Å². The molecule has 0 bridgehead atoms. The van der Waals surface area contributed by atoms with E-state index in [1.165, 1.54) is 24.3 Å². The molecule has 2 amide bonds. The zero-order valence-corrected chi connectivity index (χ0v) is 23.8. The molecule has 0 N–H and O–H groups in total. The molecule has 226 valence electrons. The summed E-state index contributed by atoms with van der Waals surface area (Å²) < 4.78 is 56.3. The first-order chi connectivity index (χ1) is 21.0. The van der Waals surface area contributed by atoms with Crippen LogP contribution in [0.4, 0.5) is 23.7 Å². The number of carbonyl (C=O) groups is 2. The number of thioether (sulfide) groups is 1. The van der Waals surface area contributed by atoms with Crippen molar-refractivity contribution in [3.63, 3.8) is 0 Å². The fourth-order valence-corrected chi connectivity index (χ4v) is 5.29. The lowest BCUT2D eigenvalue weighted by Crippen LogP contribution is -2.32. The summed E-state index contributed by atoms with van der Waals surface area (Å²) in [7, 11) is 0. The molecule has 1 aliphatic rings. The number of alkyl halides is 3. The van der Waals surface area contributed by atoms with Gasteiger partial charge in [-0.25, -0.2) is 0 Å². The molecule has 0 saturated carbocycles. The van der Waals surface area contributed by atoms with Gasteiger partial charge in [0.25, 0.3) is 11.1 Å². The molecule has 44 heavy (non-hydrogen) atoms. The third-order valence-corrected chi connectivity index (χ3v) is 7.37. The number of hydrogen-bond donors (Lipinski definition) is 0. The molecule has 0 aliphatic carbocycles. The van der Waals surface area contributed by atoms with E-state index >= 15 is 0 Å². The summed E-state index contributed by atoms with van der Waals surface area (Å²) in [6.07, 6.45) is -3.28. The van der Waals surface area contributed by atoms with E-state index in [2.05, 4.69) is 0 Å². The smallest absolute Gasteiger partial charge is 0.416 e. The van der Waals surface area contributed by atoms with Gasteiger partial charge < -0.3 is 14.2 Å². The number of imide groups is 1. The topological polar surface area (TPSA) is 108 Å². The SMILES string of the molecule is CCOc1cc(/C=C2\SC(=O)N(CCOc3cccc4ccccc34)C2=O)ccc1Oc1ccc(C(F)(F)F)cc1[N+](=O)[O-]. The highest BCUT2D eigenvalue weighted by atomic mass is 32.2. The van der Waals surface area contributed by atoms with Crippen molar-refractivity contribution in [2.75, 3.05) is 19.8 Å². The van der Waals surface area contributed by atoms with Crippen LogP contribution in [0.15, 0.2) is 83.8 Å². The van der Waals surface area contributed by atoms with Crippen LogP contribution in [-0.4, -0.2) is 40.7 Å². The normalized spacial score (nSPS) is 14.4. The molecular formula is C31H23F3N2O7S. The Morgan fingerprint density at radius 1 is 0.909 bits per heavy atom. The van der Waals surface area contributed by atoms with E-state index in [0.29, 0.717) is 23.4 Å². The maximum atomic E-state index is 13.1. The van der Waals surface area contributed by atoms with Crippen LogP contribution < -0.4 is 14.2 Å². The number of halogens is 3. The summed E-state index contributed by atoms with van der Waals surface area (Å²) in [6, 6.07) is 19.7. The molecule has 4 aromatic carbocycles. The van der Waals surface area contributed by atoms with Gasteiger partial charge >= 0.3 is 11.9 Å². The van der Waals surface area contributed by atoms with Crippen molar-refractivity contribution in [2.45, 2.75) is 13.1 Å². The number of nitro groups is 1. The van der Waals surface area contributed by atoms with Crippen molar-refractivity contribution in [1.82, 2.24) is 4.90 Å². The average molecular weight is 625 g/mol. The third kappa shape index (κ3) is 6.62. The van der Waals surface area contributed by atoms with Gasteiger partial charge in [0.2, 0.25) is 5.75 Å². The maximum absolute atomic E-state index is 13.1. The summed E-state index contributed by atoms with van der Waals surface area (Å²) >= 11 is 0.764. The van der Waals surface area contributed by atoms with Crippen LogP contribution in [0.25, 0.3) is 16.8 Å². The highest BCUT2D eigenvalue weighted by molar-refractivity contribution is 8.18. The van der Waals surface area contributed by atoms with Crippen LogP contribution in [0.2, 0.25) is 0 Å². The minimum Gasteiger partial charge on any atom is -0.491 e. The molecule has 9 nitrogen and oxygen atoms in total. The van der Waals surface area contributed by atoms with E-state index in [9.17, 15) is 32.9 Å². The lowest BCUT2D eigenvalue weighted by Gasteiger charge is -2.14. The van der Waals surface area contributed by atoms with Gasteiger partial charge in [0.15, 0.2) is 11.5 Å². The Morgan fingerprint density at radius 3 is 2.41 bits per heavy atom. The minimum atomic E-state index is -4.77. The molecule has 13 heteroatoms. The molecule has 0 atom stereocenters. The second kappa shape index (κ2) is 12.7. The Morgan fingerprint density at radius 2 is 1.66 bits per heavy atom. The van der Waals surface area contributed by atoms with Gasteiger partial charge in [-0.1, -0.05) is 42.5 Å². The monoisotopic (exact) mass is 624 g/mol. The predicted octanol–water partition coefficient (Wildman–Crippen LogP) is 8.07. The number of benzene rings is 4. The van der Waals surface area contributed by atoms with Gasteiger partial charge in [-0.15, -0.1) is 0 Å². The van der Waals surface area contributed by atoms with Gasteiger partial charge in [0.1, 0.15) is 12.4 Å². The van der Waals surface area contributed by atoms with Crippen molar-refractivity contribution in [1.29, 1.82) is 0 Å². The van der Waals surface area contributed by atoms with E-state index in [1.807, 2.05) is 42.5 Å². The van der Waals surface area contributed by atoms with E-state index in [4.69, 9.17) is 14.2 Å². The summed E-state index contributed by atoms with van der Waals surface area (Å²) in [5, 5.41) is 12.9. The lowest BCUT2D eigenvalue weighted by molar-refractivity contribution is -0.385. The molecule has 0 spiro atoms. The number of nitro benzene ring substituents is 1. The first kappa shape index (κ1) is 30.4. The van der Waals surface area contributed by atoms with Crippen molar-refractivity contribution < 1.29 is 41.9 Å². The van der Waals surface area contributed by atoms with Crippen LogP contribution >= 0.6 is 11.8 Å². The molecule has 4 aromatic rings. The maximum Gasteiger partial charge on any atom is 0.416 e. The Labute approximate surface area is 253 Å². The number of ether oxygens (including phenoxy) is 3. The molecule has 0 radical (unpaired) electrons. The third-order valence-electron chi connectivity index (χ3n) is 6.46. The van der Waals surface area contributed by atoms with E-state index < -0.39 is 39.2 Å². The van der Waals surface area contributed by atoms with Gasteiger partial charge in [0.05, 0.1) is 28.5 Å². The van der Waals surface area contributed by atoms with E-state index in [1.54, 1.807) is 6.92 Å². The molecule has 0 unspecified atom stereocenters. The second-order valence-electron chi connectivity index (χ2n) is 9.34. The lowest BCUT2D eigenvalue weighted by atomic mass is 10.1. The van der Waals surface area contributed by atoms with Crippen LogP contribution in [0.1, 0.15) is 18.1 Å². The standard InChI is InChI=1S/C31H23F3N2O7S/c1-2-41-27-16-19(10-12-26(27)43-25-13-11-21(31(32,33)34)18-23(25)36(39)40)17-28-29(37)35(30(38)44-28)14-15-42-24-9-5-7-20-6-3-4-8-22(20)24/h3-13,16-18H,2,14-15H2,1H3/b28-17-. The number of fused-ring (bicyclic) bond motifs is 1. The molecule has 1 heterocycles. The molecular weight excluding hydrogens is 601 g/mol. The average Bonchev–Trinajstić information content (AvgIpc) is 3.25. The zero-order chi connectivity index (χ0) is 31.4. The van der Waals surface area contributed by atoms with Gasteiger partial charge in [0, 0.05) is 11.5 Å². The Balaban J connectivity index is 1.31. The molecule has 1 saturated heterocycles. The summed E-state index contributed by atoms with van der Waals surface area (Å²) in [6.45, 7) is 1.98. The van der Waals surface area contributed by atoms with E-state index in [-0.39, 0.29) is 36.2 Å². The zero-order valence-electron chi connectivity index (χ0n) is 23.0. The molecule has 5 rings (SSSR count). The number of nitrogens with zero attached hydrogens (tertiary/aromatic N) is 2. The summed E-state index contributed by atoms with van der Waals surface area (Å²) in [5.41, 5.74) is -1.60. The Hall–Kier alpha value is -5.04. The molecule has 1 fully saturated rings. The predicted molar refractivity (Wildman–Crippen MR) is 158 cm³/mol. The molecule has 1 aliphatic heterocycles. The minimum absolute atomic E-state index is 0.00514. The van der Waals surface area contributed by atoms with Crippen molar-refractivity contribution in [2.24, 2.45) is 0 Å². The first-order valence-electron chi connectivity index (χ1n) is 13.2. The molecule has 0 aromatic heterocycles. The highest BCUT2D eigenvalue weighted by Crippen LogP contribution is 2.41. The van der Waals surface area contributed by atoms with Gasteiger partial charge in [-0.05, 0) is 66.0 Å². The van der Waals surface area contributed by atoms with Crippen LogP contribution in [0.3, 0.4) is 0 Å².